The zero-order valence-corrected chi connectivity index (χ0v) is 13.8. The van der Waals surface area contributed by atoms with E-state index in [1.165, 1.54) is 24.7 Å². The first-order chi connectivity index (χ1) is 11.5. The van der Waals surface area contributed by atoms with Gasteiger partial charge in [-0.15, -0.1) is 0 Å². The van der Waals surface area contributed by atoms with Crippen LogP contribution in [0.1, 0.15) is 0 Å². The molecule has 3 rings (SSSR count). The first-order valence-corrected chi connectivity index (χ1v) is 7.99. The standard InChI is InChI=1S/C15H14N4O4S/c1-18-11(7-13(21)19(2)15(18)22)17-12(20)8-24-14-16-9-5-3-4-6-10(9)23-14/h3-7H,8H2,1-2H3,(H,17,20). The van der Waals surface area contributed by atoms with E-state index in [-0.39, 0.29) is 17.5 Å². The van der Waals surface area contributed by atoms with Crippen molar-refractivity contribution in [1.29, 1.82) is 0 Å². The number of anilines is 1. The molecule has 0 aliphatic carbocycles. The SMILES string of the molecule is Cn1c(NC(=O)CSc2nc3ccccc3o2)cc(=O)n(C)c1=O. The highest BCUT2D eigenvalue weighted by Crippen LogP contribution is 2.23. The normalized spacial score (nSPS) is 10.9. The van der Waals surface area contributed by atoms with Crippen molar-refractivity contribution in [2.24, 2.45) is 14.1 Å². The Morgan fingerprint density at radius 2 is 2.00 bits per heavy atom. The molecule has 1 amide bonds. The fourth-order valence-electron chi connectivity index (χ4n) is 2.07. The van der Waals surface area contributed by atoms with E-state index >= 15 is 0 Å². The lowest BCUT2D eigenvalue weighted by atomic mass is 10.3. The van der Waals surface area contributed by atoms with E-state index in [0.717, 1.165) is 21.8 Å². The molecule has 1 N–H and O–H groups in total. The maximum Gasteiger partial charge on any atom is 0.332 e. The van der Waals surface area contributed by atoms with E-state index in [1.54, 1.807) is 6.07 Å². The molecule has 0 aliphatic rings. The molecule has 2 aromatic heterocycles. The summed E-state index contributed by atoms with van der Waals surface area (Å²) in [6.07, 6.45) is 0. The molecule has 0 fully saturated rings. The highest BCUT2D eigenvalue weighted by Gasteiger charge is 2.12. The van der Waals surface area contributed by atoms with Crippen molar-refractivity contribution < 1.29 is 9.21 Å². The highest BCUT2D eigenvalue weighted by molar-refractivity contribution is 7.99. The molecule has 0 aliphatic heterocycles. The summed E-state index contributed by atoms with van der Waals surface area (Å²) in [6.45, 7) is 0. The van der Waals surface area contributed by atoms with Gasteiger partial charge in [0.05, 0.1) is 5.75 Å². The molecule has 0 unspecified atom stereocenters. The minimum atomic E-state index is -0.510. The fraction of sp³-hybridized carbons (Fsp3) is 0.200. The Bertz CT molecular complexity index is 1000. The molecule has 2 heterocycles. The zero-order valence-electron chi connectivity index (χ0n) is 13.0. The van der Waals surface area contributed by atoms with Gasteiger partial charge in [0.25, 0.3) is 10.8 Å². The fourth-order valence-corrected chi connectivity index (χ4v) is 2.71. The van der Waals surface area contributed by atoms with Crippen LogP contribution in [0.3, 0.4) is 0 Å². The molecule has 24 heavy (non-hydrogen) atoms. The van der Waals surface area contributed by atoms with E-state index < -0.39 is 11.2 Å². The van der Waals surface area contributed by atoms with Gasteiger partial charge in [0, 0.05) is 20.2 Å². The van der Waals surface area contributed by atoms with Gasteiger partial charge in [-0.25, -0.2) is 9.78 Å². The molecule has 124 valence electrons. The number of oxazole rings is 1. The average Bonchev–Trinajstić information content (AvgIpc) is 2.99. The number of rotatable bonds is 4. The molecule has 0 spiro atoms. The number of benzene rings is 1. The van der Waals surface area contributed by atoms with Gasteiger partial charge in [-0.2, -0.15) is 0 Å². The van der Waals surface area contributed by atoms with E-state index in [2.05, 4.69) is 10.3 Å². The minimum Gasteiger partial charge on any atom is -0.431 e. The average molecular weight is 346 g/mol. The number of carbonyl (C=O) groups excluding carboxylic acids is 1. The van der Waals surface area contributed by atoms with E-state index in [0.29, 0.717) is 10.8 Å². The molecule has 0 saturated carbocycles. The lowest BCUT2D eigenvalue weighted by Gasteiger charge is -2.10. The van der Waals surface area contributed by atoms with Gasteiger partial charge >= 0.3 is 5.69 Å². The molecule has 1 aromatic carbocycles. The van der Waals surface area contributed by atoms with Crippen LogP contribution in [0, 0.1) is 0 Å². The second kappa shape index (κ2) is 6.36. The summed E-state index contributed by atoms with van der Waals surface area (Å²) in [4.78, 5) is 39.7. The number of hydrogen-bond donors (Lipinski definition) is 1. The lowest BCUT2D eigenvalue weighted by Crippen LogP contribution is -2.38. The van der Waals surface area contributed by atoms with E-state index in [1.807, 2.05) is 18.2 Å². The number of aromatic nitrogens is 3. The number of hydrogen-bond acceptors (Lipinski definition) is 6. The van der Waals surface area contributed by atoms with Crippen LogP contribution in [0.4, 0.5) is 5.82 Å². The Morgan fingerprint density at radius 3 is 2.75 bits per heavy atom. The van der Waals surface area contributed by atoms with Crippen molar-refractivity contribution in [3.05, 3.63) is 51.2 Å². The summed E-state index contributed by atoms with van der Waals surface area (Å²) in [7, 11) is 2.85. The third kappa shape index (κ3) is 3.11. The van der Waals surface area contributed by atoms with E-state index in [9.17, 15) is 14.4 Å². The maximum absolute atomic E-state index is 12.0. The number of amides is 1. The Kier molecular flexibility index (Phi) is 4.26. The zero-order chi connectivity index (χ0) is 17.3. The number of fused-ring (bicyclic) bond motifs is 1. The number of nitrogens with zero attached hydrogens (tertiary/aromatic N) is 3. The van der Waals surface area contributed by atoms with Gasteiger partial charge in [-0.1, -0.05) is 23.9 Å². The molecule has 0 bridgehead atoms. The van der Waals surface area contributed by atoms with E-state index in [4.69, 9.17) is 4.42 Å². The minimum absolute atomic E-state index is 0.0379. The monoisotopic (exact) mass is 346 g/mol. The first-order valence-electron chi connectivity index (χ1n) is 7.01. The number of carbonyl (C=O) groups is 1. The largest absolute Gasteiger partial charge is 0.431 e. The Balaban J connectivity index is 1.70. The van der Waals surface area contributed by atoms with Crippen molar-refractivity contribution in [2.75, 3.05) is 11.1 Å². The van der Waals surface area contributed by atoms with Gasteiger partial charge in [0.2, 0.25) is 5.91 Å². The molecule has 8 nitrogen and oxygen atoms in total. The quantitative estimate of drug-likeness (QED) is 0.706. The van der Waals surface area contributed by atoms with Crippen LogP contribution < -0.4 is 16.6 Å². The van der Waals surface area contributed by atoms with Crippen molar-refractivity contribution in [3.63, 3.8) is 0 Å². The first kappa shape index (κ1) is 16.1. The predicted molar refractivity (Wildman–Crippen MR) is 90.3 cm³/mol. The molecule has 3 aromatic rings. The van der Waals surface area contributed by atoms with Crippen LogP contribution in [0.5, 0.6) is 0 Å². The Labute approximate surface area is 140 Å². The third-order valence-electron chi connectivity index (χ3n) is 3.39. The number of nitrogens with one attached hydrogen (secondary N) is 1. The van der Waals surface area contributed by atoms with Crippen LogP contribution in [-0.4, -0.2) is 25.8 Å². The summed E-state index contributed by atoms with van der Waals surface area (Å²) in [5.74, 6) is -0.187. The van der Waals surface area contributed by atoms with Gasteiger partial charge in [0.15, 0.2) is 5.58 Å². The van der Waals surface area contributed by atoms with Gasteiger partial charge in [-0.05, 0) is 12.1 Å². The van der Waals surface area contributed by atoms with Crippen molar-refractivity contribution >= 4 is 34.6 Å². The predicted octanol–water partition coefficient (Wildman–Crippen LogP) is 0.956. The second-order valence-corrected chi connectivity index (χ2v) is 5.98. The smallest absolute Gasteiger partial charge is 0.332 e. The molecular weight excluding hydrogens is 332 g/mol. The summed E-state index contributed by atoms with van der Waals surface area (Å²) in [5.41, 5.74) is 0.369. The number of thioether (sulfide) groups is 1. The van der Waals surface area contributed by atoms with Crippen molar-refractivity contribution in [1.82, 2.24) is 14.1 Å². The van der Waals surface area contributed by atoms with Crippen LogP contribution in [0.2, 0.25) is 0 Å². The Hall–Kier alpha value is -2.81. The highest BCUT2D eigenvalue weighted by atomic mass is 32.2. The van der Waals surface area contributed by atoms with Crippen LogP contribution in [-0.2, 0) is 18.9 Å². The third-order valence-corrected chi connectivity index (χ3v) is 4.22. The maximum atomic E-state index is 12.0. The molecule has 0 saturated heterocycles. The topological polar surface area (TPSA) is 99.1 Å². The van der Waals surface area contributed by atoms with Gasteiger partial charge in [0.1, 0.15) is 11.3 Å². The van der Waals surface area contributed by atoms with Crippen LogP contribution >= 0.6 is 11.8 Å². The summed E-state index contributed by atoms with van der Waals surface area (Å²) < 4.78 is 7.67. The number of para-hydroxylation sites is 2. The van der Waals surface area contributed by atoms with Gasteiger partial charge in [-0.3, -0.25) is 18.7 Å². The molecular formula is C15H14N4O4S. The van der Waals surface area contributed by atoms with Crippen LogP contribution in [0.25, 0.3) is 11.1 Å². The lowest BCUT2D eigenvalue weighted by molar-refractivity contribution is -0.113. The molecule has 0 radical (unpaired) electrons. The van der Waals surface area contributed by atoms with Gasteiger partial charge < -0.3 is 9.73 Å². The summed E-state index contributed by atoms with van der Waals surface area (Å²) >= 11 is 1.13. The second-order valence-electron chi connectivity index (χ2n) is 5.05. The summed E-state index contributed by atoms with van der Waals surface area (Å²) in [5, 5.41) is 2.92. The molecule has 0 atom stereocenters. The Morgan fingerprint density at radius 1 is 1.25 bits per heavy atom. The van der Waals surface area contributed by atoms with Crippen molar-refractivity contribution in [2.45, 2.75) is 5.22 Å². The van der Waals surface area contributed by atoms with Crippen LogP contribution in [0.15, 0.2) is 49.6 Å². The molecule has 9 heteroatoms. The summed E-state index contributed by atoms with van der Waals surface area (Å²) in [6, 6.07) is 8.50. The van der Waals surface area contributed by atoms with Crippen molar-refractivity contribution in [3.8, 4) is 0 Å².